The summed E-state index contributed by atoms with van der Waals surface area (Å²) in [5.74, 6) is 0.773. The maximum atomic E-state index is 12.7. The van der Waals surface area contributed by atoms with E-state index < -0.39 is 0 Å². The maximum absolute atomic E-state index is 12.7. The fraction of sp³-hybridized carbons (Fsp3) is 0.300. The largest absolute Gasteiger partial charge is 0.496 e. The molecule has 2 aromatic heterocycles. The number of carbonyl (C=O) groups is 2. The lowest BCUT2D eigenvalue weighted by molar-refractivity contribution is 0.0816. The van der Waals surface area contributed by atoms with Gasteiger partial charge in [-0.15, -0.1) is 0 Å². The van der Waals surface area contributed by atoms with Gasteiger partial charge in [0, 0.05) is 32.8 Å². The van der Waals surface area contributed by atoms with Gasteiger partial charge in [0.25, 0.3) is 11.8 Å². The van der Waals surface area contributed by atoms with Crippen LogP contribution in [0.3, 0.4) is 0 Å². The predicted octanol–water partition coefficient (Wildman–Crippen LogP) is 3.20. The molecule has 0 saturated heterocycles. The van der Waals surface area contributed by atoms with Crippen molar-refractivity contribution < 1.29 is 14.3 Å². The number of aryl methyl sites for hydroxylation is 2. The monoisotopic (exact) mass is 428 g/mol. The zero-order valence-corrected chi connectivity index (χ0v) is 18.5. The van der Waals surface area contributed by atoms with Gasteiger partial charge in [0.2, 0.25) is 0 Å². The third-order valence-corrected chi connectivity index (χ3v) is 5.46. The van der Waals surface area contributed by atoms with Crippen molar-refractivity contribution in [2.75, 3.05) is 31.8 Å². The Labute approximate surface area is 178 Å². The molecule has 0 aliphatic carbocycles. The van der Waals surface area contributed by atoms with Crippen LogP contribution in [-0.4, -0.2) is 52.7 Å². The summed E-state index contributed by atoms with van der Waals surface area (Å²) in [6, 6.07) is 5.42. The average molecular weight is 429 g/mol. The molecule has 2 amide bonds. The Morgan fingerprint density at radius 3 is 2.63 bits per heavy atom. The van der Waals surface area contributed by atoms with Crippen LogP contribution in [0.2, 0.25) is 0 Å². The summed E-state index contributed by atoms with van der Waals surface area (Å²) in [5, 5.41) is 10.8. The van der Waals surface area contributed by atoms with E-state index in [-0.39, 0.29) is 11.8 Å². The molecule has 0 bridgehead atoms. The van der Waals surface area contributed by atoms with Gasteiger partial charge >= 0.3 is 0 Å². The topological polar surface area (TPSA) is 101 Å². The number of hydrogen-bond donors (Lipinski definition) is 2. The van der Waals surface area contributed by atoms with Crippen LogP contribution in [0.25, 0.3) is 0 Å². The second kappa shape index (κ2) is 8.54. The molecule has 2 heterocycles. The number of nitrogens with one attached hydrogen (secondary N) is 2. The fourth-order valence-electron chi connectivity index (χ4n) is 2.92. The van der Waals surface area contributed by atoms with Crippen molar-refractivity contribution in [3.8, 4) is 5.75 Å². The summed E-state index contributed by atoms with van der Waals surface area (Å²) in [5.41, 5.74) is 2.97. The van der Waals surface area contributed by atoms with Crippen molar-refractivity contribution in [1.29, 1.82) is 0 Å². The molecule has 0 unspecified atom stereocenters. The van der Waals surface area contributed by atoms with Gasteiger partial charge in [-0.05, 0) is 25.5 Å². The number of methoxy groups -OCH3 is 1. The van der Waals surface area contributed by atoms with Crippen molar-refractivity contribution in [2.45, 2.75) is 13.8 Å². The number of benzene rings is 1. The van der Waals surface area contributed by atoms with E-state index >= 15 is 0 Å². The van der Waals surface area contributed by atoms with Gasteiger partial charge in [-0.25, -0.2) is 4.98 Å². The molecule has 3 aromatic rings. The third kappa shape index (κ3) is 4.28. The molecule has 1 aromatic carbocycles. The van der Waals surface area contributed by atoms with E-state index in [0.29, 0.717) is 27.3 Å². The average Bonchev–Trinajstić information content (AvgIpc) is 3.31. The molecule has 0 atom stereocenters. The highest BCUT2D eigenvalue weighted by molar-refractivity contribution is 7.17. The van der Waals surface area contributed by atoms with E-state index in [0.717, 1.165) is 16.8 Å². The summed E-state index contributed by atoms with van der Waals surface area (Å²) in [4.78, 5) is 31.1. The first-order chi connectivity index (χ1) is 14.2. The lowest BCUT2D eigenvalue weighted by atomic mass is 10.1. The Kier molecular flexibility index (Phi) is 6.06. The molecule has 0 spiro atoms. The van der Waals surface area contributed by atoms with Crippen molar-refractivity contribution >= 4 is 39.8 Å². The quantitative estimate of drug-likeness (QED) is 0.625. The lowest BCUT2D eigenvalue weighted by Crippen LogP contribution is -2.24. The van der Waals surface area contributed by atoms with Gasteiger partial charge in [-0.3, -0.25) is 14.3 Å². The van der Waals surface area contributed by atoms with E-state index in [9.17, 15) is 9.59 Å². The second-order valence-corrected chi connectivity index (χ2v) is 7.96. The number of anilines is 3. The standard InChI is InChI=1S/C20H24N6O3S/c1-11-7-8-14(29-6)12(2)17(11)23-18(27)15-10-21-20(30-15)22-16-9-13(26(5)24-16)19(28)25(3)4/h7-10H,1-6H3,(H,23,27)(H,21,22,24). The van der Waals surface area contributed by atoms with Gasteiger partial charge in [0.1, 0.15) is 16.3 Å². The minimum atomic E-state index is -0.260. The maximum Gasteiger partial charge on any atom is 0.271 e. The predicted molar refractivity (Wildman–Crippen MR) is 117 cm³/mol. The summed E-state index contributed by atoms with van der Waals surface area (Å²) in [7, 11) is 6.65. The van der Waals surface area contributed by atoms with E-state index in [1.54, 1.807) is 34.3 Å². The Hall–Kier alpha value is -3.40. The number of amides is 2. The Balaban J connectivity index is 1.75. The Morgan fingerprint density at radius 1 is 1.23 bits per heavy atom. The Bertz CT molecular complexity index is 1100. The summed E-state index contributed by atoms with van der Waals surface area (Å²) in [6.07, 6.45) is 1.50. The van der Waals surface area contributed by atoms with Crippen LogP contribution in [0.15, 0.2) is 24.4 Å². The number of nitrogens with zero attached hydrogens (tertiary/aromatic N) is 4. The normalized spacial score (nSPS) is 10.6. The first-order valence-electron chi connectivity index (χ1n) is 9.15. The zero-order valence-electron chi connectivity index (χ0n) is 17.7. The van der Waals surface area contributed by atoms with Gasteiger partial charge in [-0.1, -0.05) is 17.4 Å². The van der Waals surface area contributed by atoms with Crippen LogP contribution < -0.4 is 15.4 Å². The molecule has 2 N–H and O–H groups in total. The SMILES string of the molecule is COc1ccc(C)c(NC(=O)c2cnc(Nc3cc(C(=O)N(C)C)n(C)n3)s2)c1C. The highest BCUT2D eigenvalue weighted by atomic mass is 32.1. The third-order valence-electron chi connectivity index (χ3n) is 4.55. The number of hydrogen-bond acceptors (Lipinski definition) is 7. The summed E-state index contributed by atoms with van der Waals surface area (Å²) in [6.45, 7) is 3.82. The molecule has 30 heavy (non-hydrogen) atoms. The molecule has 158 valence electrons. The molecule has 0 aliphatic rings. The number of aromatic nitrogens is 3. The smallest absolute Gasteiger partial charge is 0.271 e. The van der Waals surface area contributed by atoms with E-state index in [1.807, 2.05) is 26.0 Å². The van der Waals surface area contributed by atoms with E-state index in [4.69, 9.17) is 4.74 Å². The van der Waals surface area contributed by atoms with Gasteiger partial charge in [0.05, 0.1) is 19.0 Å². The molecule has 0 saturated carbocycles. The number of rotatable bonds is 6. The first-order valence-corrected chi connectivity index (χ1v) is 9.97. The van der Waals surface area contributed by atoms with Crippen LogP contribution in [0.5, 0.6) is 5.75 Å². The van der Waals surface area contributed by atoms with Crippen LogP contribution in [0.1, 0.15) is 31.3 Å². The first kappa shape index (κ1) is 21.3. The van der Waals surface area contributed by atoms with Crippen LogP contribution in [0.4, 0.5) is 16.6 Å². The molecule has 0 radical (unpaired) electrons. The van der Waals surface area contributed by atoms with Gasteiger partial charge in [0.15, 0.2) is 10.9 Å². The van der Waals surface area contributed by atoms with E-state index in [2.05, 4.69) is 20.7 Å². The zero-order chi connectivity index (χ0) is 22.0. The van der Waals surface area contributed by atoms with Crippen molar-refractivity contribution in [2.24, 2.45) is 7.05 Å². The van der Waals surface area contributed by atoms with Gasteiger partial charge in [-0.2, -0.15) is 5.10 Å². The van der Waals surface area contributed by atoms with Crippen molar-refractivity contribution in [3.63, 3.8) is 0 Å². The molecule has 9 nitrogen and oxygen atoms in total. The van der Waals surface area contributed by atoms with Crippen LogP contribution in [-0.2, 0) is 7.05 Å². The minimum absolute atomic E-state index is 0.152. The number of thiazole rings is 1. The highest BCUT2D eigenvalue weighted by Gasteiger charge is 2.18. The molecule has 3 rings (SSSR count). The van der Waals surface area contributed by atoms with Crippen LogP contribution >= 0.6 is 11.3 Å². The molecule has 10 heteroatoms. The number of ether oxygens (including phenoxy) is 1. The van der Waals surface area contributed by atoms with Crippen molar-refractivity contribution in [1.82, 2.24) is 19.7 Å². The minimum Gasteiger partial charge on any atom is -0.496 e. The second-order valence-electron chi connectivity index (χ2n) is 6.93. The molecular formula is C20H24N6O3S. The van der Waals surface area contributed by atoms with Crippen molar-refractivity contribution in [3.05, 3.63) is 46.1 Å². The molecule has 0 fully saturated rings. The number of carbonyl (C=O) groups excluding carboxylic acids is 2. The molecular weight excluding hydrogens is 404 g/mol. The summed E-state index contributed by atoms with van der Waals surface area (Å²) < 4.78 is 6.83. The van der Waals surface area contributed by atoms with Crippen LogP contribution in [0, 0.1) is 13.8 Å². The fourth-order valence-corrected chi connectivity index (χ4v) is 3.64. The Morgan fingerprint density at radius 2 is 1.97 bits per heavy atom. The lowest BCUT2D eigenvalue weighted by Gasteiger charge is -2.14. The van der Waals surface area contributed by atoms with Gasteiger partial charge < -0.3 is 20.3 Å². The van der Waals surface area contributed by atoms with E-state index in [1.165, 1.54) is 27.1 Å². The highest BCUT2D eigenvalue weighted by Crippen LogP contribution is 2.30. The summed E-state index contributed by atoms with van der Waals surface area (Å²) >= 11 is 1.20. The molecule has 0 aliphatic heterocycles.